The molecule has 0 unspecified atom stereocenters. The summed E-state index contributed by atoms with van der Waals surface area (Å²) in [6.45, 7) is 8.14. The lowest BCUT2D eigenvalue weighted by Crippen LogP contribution is -2.55. The highest BCUT2D eigenvalue weighted by atomic mass is 32.2. The third kappa shape index (κ3) is 4.70. The van der Waals surface area contributed by atoms with Crippen LogP contribution in [0.2, 0.25) is 0 Å². The van der Waals surface area contributed by atoms with Gasteiger partial charge in [0.1, 0.15) is 0 Å². The van der Waals surface area contributed by atoms with Gasteiger partial charge in [0.25, 0.3) is 0 Å². The van der Waals surface area contributed by atoms with Gasteiger partial charge in [-0.1, -0.05) is 26.0 Å². The van der Waals surface area contributed by atoms with Gasteiger partial charge in [0, 0.05) is 32.2 Å². The zero-order valence-corrected chi connectivity index (χ0v) is 17.3. The van der Waals surface area contributed by atoms with Crippen molar-refractivity contribution >= 4 is 15.9 Å². The molecule has 1 aromatic carbocycles. The van der Waals surface area contributed by atoms with Crippen LogP contribution in [0.15, 0.2) is 29.2 Å². The smallest absolute Gasteiger partial charge is 0.243 e. The van der Waals surface area contributed by atoms with Crippen LogP contribution in [0.4, 0.5) is 0 Å². The van der Waals surface area contributed by atoms with E-state index in [-0.39, 0.29) is 11.9 Å². The quantitative estimate of drug-likeness (QED) is 0.771. The molecule has 1 aliphatic carbocycles. The molecule has 1 N–H and O–H groups in total. The zero-order valence-electron chi connectivity index (χ0n) is 16.5. The highest BCUT2D eigenvalue weighted by molar-refractivity contribution is 7.89. The van der Waals surface area contributed by atoms with Crippen molar-refractivity contribution in [3.63, 3.8) is 0 Å². The lowest BCUT2D eigenvalue weighted by molar-refractivity contribution is -0.126. The Hall–Kier alpha value is -1.44. The standard InChI is InChI=1S/C20H31N3O3S/c1-4-15(2)17-5-9-19(10-6-17)27(25,26)23-13-11-22(12-14-23)16(3)20(24)21-18-7-8-18/h5-6,9-10,15-16,18H,4,7-8,11-14H2,1-3H3,(H,21,24)/t15-,16+/m0/s1. The summed E-state index contributed by atoms with van der Waals surface area (Å²) in [4.78, 5) is 14.6. The summed E-state index contributed by atoms with van der Waals surface area (Å²) in [5.74, 6) is 0.475. The first-order chi connectivity index (χ1) is 12.8. The molecule has 0 bridgehead atoms. The first-order valence-electron chi connectivity index (χ1n) is 9.97. The number of carbonyl (C=O) groups excluding carboxylic acids is 1. The van der Waals surface area contributed by atoms with Gasteiger partial charge in [-0.3, -0.25) is 9.69 Å². The van der Waals surface area contributed by atoms with Gasteiger partial charge in [-0.05, 0) is 49.8 Å². The van der Waals surface area contributed by atoms with Gasteiger partial charge in [-0.15, -0.1) is 0 Å². The van der Waals surface area contributed by atoms with E-state index >= 15 is 0 Å². The maximum Gasteiger partial charge on any atom is 0.243 e. The molecule has 2 fully saturated rings. The van der Waals surface area contributed by atoms with Crippen LogP contribution in [0, 0.1) is 0 Å². The van der Waals surface area contributed by atoms with Crippen molar-refractivity contribution in [3.8, 4) is 0 Å². The van der Waals surface area contributed by atoms with Crippen LogP contribution in [-0.4, -0.2) is 61.8 Å². The molecule has 1 amide bonds. The first kappa shape index (κ1) is 20.3. The van der Waals surface area contributed by atoms with Crippen molar-refractivity contribution in [3.05, 3.63) is 29.8 Å². The van der Waals surface area contributed by atoms with E-state index < -0.39 is 10.0 Å². The molecule has 2 aliphatic rings. The summed E-state index contributed by atoms with van der Waals surface area (Å²) < 4.78 is 27.4. The third-order valence-electron chi connectivity index (χ3n) is 5.82. The van der Waals surface area contributed by atoms with E-state index in [0.717, 1.165) is 24.8 Å². The fraction of sp³-hybridized carbons (Fsp3) is 0.650. The molecule has 3 rings (SSSR count). The monoisotopic (exact) mass is 393 g/mol. The van der Waals surface area contributed by atoms with Crippen molar-refractivity contribution < 1.29 is 13.2 Å². The Labute approximate surface area is 163 Å². The molecule has 6 nitrogen and oxygen atoms in total. The van der Waals surface area contributed by atoms with E-state index in [1.54, 1.807) is 12.1 Å². The highest BCUT2D eigenvalue weighted by Gasteiger charge is 2.33. The molecule has 0 radical (unpaired) electrons. The fourth-order valence-corrected chi connectivity index (χ4v) is 4.82. The second-order valence-electron chi connectivity index (χ2n) is 7.78. The average molecular weight is 394 g/mol. The Balaban J connectivity index is 1.59. The zero-order chi connectivity index (χ0) is 19.6. The molecule has 2 atom stereocenters. The topological polar surface area (TPSA) is 69.7 Å². The summed E-state index contributed by atoms with van der Waals surface area (Å²) in [7, 11) is -3.48. The maximum atomic E-state index is 12.9. The van der Waals surface area contributed by atoms with Crippen molar-refractivity contribution in [2.45, 2.75) is 62.9 Å². The van der Waals surface area contributed by atoms with Gasteiger partial charge in [-0.25, -0.2) is 8.42 Å². The second-order valence-corrected chi connectivity index (χ2v) is 9.72. The summed E-state index contributed by atoms with van der Waals surface area (Å²) in [6.07, 6.45) is 3.17. The van der Waals surface area contributed by atoms with Crippen LogP contribution < -0.4 is 5.32 Å². The fourth-order valence-electron chi connectivity index (χ4n) is 3.40. The van der Waals surface area contributed by atoms with E-state index in [9.17, 15) is 13.2 Å². The van der Waals surface area contributed by atoms with Crippen LogP contribution in [-0.2, 0) is 14.8 Å². The molecule has 1 aliphatic heterocycles. The number of piperazine rings is 1. The summed E-state index contributed by atoms with van der Waals surface area (Å²) in [6, 6.07) is 7.40. The van der Waals surface area contributed by atoms with E-state index in [4.69, 9.17) is 0 Å². The maximum absolute atomic E-state index is 12.9. The minimum absolute atomic E-state index is 0.0504. The normalized spacial score (nSPS) is 21.6. The Morgan fingerprint density at radius 2 is 1.70 bits per heavy atom. The number of nitrogens with one attached hydrogen (secondary N) is 1. The molecule has 0 aromatic heterocycles. The van der Waals surface area contributed by atoms with E-state index in [0.29, 0.717) is 43.0 Å². The van der Waals surface area contributed by atoms with Crippen LogP contribution >= 0.6 is 0 Å². The van der Waals surface area contributed by atoms with Crippen LogP contribution in [0.1, 0.15) is 51.5 Å². The minimum atomic E-state index is -3.48. The van der Waals surface area contributed by atoms with E-state index in [1.807, 2.05) is 19.1 Å². The predicted octanol–water partition coefficient (Wildman–Crippen LogP) is 2.17. The van der Waals surface area contributed by atoms with Gasteiger partial charge in [0.2, 0.25) is 15.9 Å². The number of benzene rings is 1. The Morgan fingerprint density at radius 1 is 1.11 bits per heavy atom. The minimum Gasteiger partial charge on any atom is -0.352 e. The van der Waals surface area contributed by atoms with Crippen LogP contribution in [0.25, 0.3) is 0 Å². The highest BCUT2D eigenvalue weighted by Crippen LogP contribution is 2.23. The number of amides is 1. The molecular weight excluding hydrogens is 362 g/mol. The van der Waals surface area contributed by atoms with Gasteiger partial charge < -0.3 is 5.32 Å². The second kappa shape index (κ2) is 8.29. The number of nitrogens with zero attached hydrogens (tertiary/aromatic N) is 2. The van der Waals surface area contributed by atoms with Gasteiger partial charge in [-0.2, -0.15) is 4.31 Å². The van der Waals surface area contributed by atoms with Crippen LogP contribution in [0.3, 0.4) is 0 Å². The van der Waals surface area contributed by atoms with Gasteiger partial charge in [0.05, 0.1) is 10.9 Å². The number of sulfonamides is 1. The van der Waals surface area contributed by atoms with Gasteiger partial charge >= 0.3 is 0 Å². The number of rotatable bonds is 7. The van der Waals surface area contributed by atoms with E-state index in [1.165, 1.54) is 4.31 Å². The largest absolute Gasteiger partial charge is 0.352 e. The lowest BCUT2D eigenvalue weighted by Gasteiger charge is -2.36. The summed E-state index contributed by atoms with van der Waals surface area (Å²) >= 11 is 0. The predicted molar refractivity (Wildman–Crippen MR) is 106 cm³/mol. The third-order valence-corrected chi connectivity index (χ3v) is 7.74. The van der Waals surface area contributed by atoms with Crippen molar-refractivity contribution in [2.75, 3.05) is 26.2 Å². The van der Waals surface area contributed by atoms with Crippen molar-refractivity contribution in [1.82, 2.24) is 14.5 Å². The molecule has 1 saturated heterocycles. The molecule has 1 aromatic rings. The Morgan fingerprint density at radius 3 is 2.22 bits per heavy atom. The van der Waals surface area contributed by atoms with Crippen molar-refractivity contribution in [1.29, 1.82) is 0 Å². The SMILES string of the molecule is CC[C@H](C)c1ccc(S(=O)(=O)N2CCN([C@H](C)C(=O)NC3CC3)CC2)cc1. The van der Waals surface area contributed by atoms with E-state index in [2.05, 4.69) is 24.1 Å². The Kier molecular flexibility index (Phi) is 6.23. The molecule has 1 heterocycles. The Bertz CT molecular complexity index is 751. The molecular formula is C20H31N3O3S. The lowest BCUT2D eigenvalue weighted by atomic mass is 9.99. The molecule has 0 spiro atoms. The molecule has 150 valence electrons. The number of carbonyl (C=O) groups is 1. The summed E-state index contributed by atoms with van der Waals surface area (Å²) in [5, 5.41) is 3.02. The number of hydrogen-bond donors (Lipinski definition) is 1. The van der Waals surface area contributed by atoms with Crippen molar-refractivity contribution in [2.24, 2.45) is 0 Å². The summed E-state index contributed by atoms with van der Waals surface area (Å²) in [5.41, 5.74) is 1.16. The van der Waals surface area contributed by atoms with Gasteiger partial charge in [0.15, 0.2) is 0 Å². The molecule has 1 saturated carbocycles. The first-order valence-corrected chi connectivity index (χ1v) is 11.4. The molecule has 27 heavy (non-hydrogen) atoms. The van der Waals surface area contributed by atoms with Crippen LogP contribution in [0.5, 0.6) is 0 Å². The number of hydrogen-bond acceptors (Lipinski definition) is 4. The molecule has 7 heteroatoms. The average Bonchev–Trinajstić information content (AvgIpc) is 3.51.